The average Bonchev–Trinajstić information content (AvgIpc) is 2.59. The first kappa shape index (κ1) is 10.4. The molecule has 2 aliphatic heterocycles. The summed E-state index contributed by atoms with van der Waals surface area (Å²) < 4.78 is 22.8. The average molecular weight is 219 g/mol. The van der Waals surface area contributed by atoms with E-state index in [0.717, 1.165) is 25.9 Å². The summed E-state index contributed by atoms with van der Waals surface area (Å²) in [5.74, 6) is 0.724. The second kappa shape index (κ2) is 3.47. The van der Waals surface area contributed by atoms with Crippen molar-refractivity contribution < 1.29 is 13.5 Å². The van der Waals surface area contributed by atoms with Crippen LogP contribution in [0, 0.1) is 5.41 Å². The molecule has 1 spiro atoms. The van der Waals surface area contributed by atoms with Crippen LogP contribution in [-0.4, -0.2) is 56.2 Å². The highest BCUT2D eigenvalue weighted by Crippen LogP contribution is 2.40. The monoisotopic (exact) mass is 219 g/mol. The summed E-state index contributed by atoms with van der Waals surface area (Å²) in [6, 6.07) is 0. The third-order valence-electron chi connectivity index (χ3n) is 3.40. The summed E-state index contributed by atoms with van der Waals surface area (Å²) in [6.45, 7) is 2.65. The molecule has 1 atom stereocenters. The van der Waals surface area contributed by atoms with Crippen molar-refractivity contribution in [3.8, 4) is 0 Å². The Kier molecular flexibility index (Phi) is 2.57. The number of hydrogen-bond acceptors (Lipinski definition) is 4. The third kappa shape index (κ3) is 1.94. The van der Waals surface area contributed by atoms with Gasteiger partial charge in [-0.05, 0) is 24.8 Å². The van der Waals surface area contributed by atoms with E-state index in [1.165, 1.54) is 0 Å². The van der Waals surface area contributed by atoms with E-state index >= 15 is 0 Å². The zero-order valence-electron chi connectivity index (χ0n) is 8.28. The molecule has 1 N–H and O–H groups in total. The van der Waals surface area contributed by atoms with Crippen LogP contribution in [0.25, 0.3) is 0 Å². The lowest BCUT2D eigenvalue weighted by molar-refractivity contribution is 0.206. The number of rotatable bonds is 2. The van der Waals surface area contributed by atoms with Gasteiger partial charge in [0.15, 0.2) is 9.84 Å². The molecule has 0 aliphatic carbocycles. The Morgan fingerprint density at radius 1 is 1.36 bits per heavy atom. The van der Waals surface area contributed by atoms with Crippen LogP contribution in [0.3, 0.4) is 0 Å². The maximum absolute atomic E-state index is 11.4. The molecule has 0 aromatic carbocycles. The minimum absolute atomic E-state index is 0.0218. The van der Waals surface area contributed by atoms with Crippen LogP contribution in [0.15, 0.2) is 0 Å². The Morgan fingerprint density at radius 3 is 2.71 bits per heavy atom. The van der Waals surface area contributed by atoms with E-state index in [4.69, 9.17) is 5.11 Å². The predicted octanol–water partition coefficient (Wildman–Crippen LogP) is -0.511. The van der Waals surface area contributed by atoms with E-state index in [9.17, 15) is 8.42 Å². The van der Waals surface area contributed by atoms with Crippen LogP contribution >= 0.6 is 0 Å². The van der Waals surface area contributed by atoms with Gasteiger partial charge in [0.2, 0.25) is 0 Å². The molecule has 0 saturated carbocycles. The fourth-order valence-corrected chi connectivity index (χ4v) is 4.87. The Bertz CT molecular complexity index is 314. The van der Waals surface area contributed by atoms with Crippen LogP contribution < -0.4 is 0 Å². The Labute approximate surface area is 84.8 Å². The summed E-state index contributed by atoms with van der Waals surface area (Å²) in [5.41, 5.74) is 0.0218. The number of β-amino-alcohol motifs (C(OH)–C–C–N with tert-alkyl or cyclic N) is 1. The molecular weight excluding hydrogens is 202 g/mol. The van der Waals surface area contributed by atoms with Crippen molar-refractivity contribution in [3.05, 3.63) is 0 Å². The molecule has 2 rings (SSSR count). The van der Waals surface area contributed by atoms with Crippen LogP contribution in [0.1, 0.15) is 12.8 Å². The number of likely N-dealkylation sites (tertiary alicyclic amines) is 1. The predicted molar refractivity (Wildman–Crippen MR) is 53.8 cm³/mol. The first-order valence-corrected chi connectivity index (χ1v) is 6.91. The third-order valence-corrected chi connectivity index (χ3v) is 5.28. The van der Waals surface area contributed by atoms with Gasteiger partial charge in [0.05, 0.1) is 18.1 Å². The highest BCUT2D eigenvalue weighted by molar-refractivity contribution is 7.91. The minimum atomic E-state index is -2.77. The molecule has 2 heterocycles. The van der Waals surface area contributed by atoms with Crippen LogP contribution in [0.4, 0.5) is 0 Å². The van der Waals surface area contributed by atoms with Crippen LogP contribution in [0.5, 0.6) is 0 Å². The van der Waals surface area contributed by atoms with Crippen molar-refractivity contribution >= 4 is 9.84 Å². The SMILES string of the molecule is O=S1(=O)CCC2(CCN(CCO)C2)C1. The van der Waals surface area contributed by atoms with Crippen molar-refractivity contribution in [1.82, 2.24) is 4.90 Å². The standard InChI is InChI=1S/C9H17NO3S/c11-5-4-10-3-1-9(7-10)2-6-14(12,13)8-9/h11H,1-8H2. The van der Waals surface area contributed by atoms with Gasteiger partial charge in [-0.2, -0.15) is 0 Å². The maximum Gasteiger partial charge on any atom is 0.150 e. The van der Waals surface area contributed by atoms with Crippen molar-refractivity contribution in [3.63, 3.8) is 0 Å². The first-order chi connectivity index (χ1) is 6.55. The second-order valence-corrected chi connectivity index (χ2v) is 6.78. The number of sulfone groups is 1. The van der Waals surface area contributed by atoms with E-state index < -0.39 is 9.84 Å². The number of aliphatic hydroxyl groups excluding tert-OH is 1. The van der Waals surface area contributed by atoms with Gasteiger partial charge >= 0.3 is 0 Å². The molecule has 1 unspecified atom stereocenters. The van der Waals surface area contributed by atoms with E-state index in [2.05, 4.69) is 4.90 Å². The molecule has 4 nitrogen and oxygen atoms in total. The largest absolute Gasteiger partial charge is 0.395 e. The van der Waals surface area contributed by atoms with Gasteiger partial charge in [0, 0.05) is 13.1 Å². The van der Waals surface area contributed by atoms with E-state index in [1.54, 1.807) is 0 Å². The van der Waals surface area contributed by atoms with Crippen LogP contribution in [0.2, 0.25) is 0 Å². The Hall–Kier alpha value is -0.130. The molecule has 0 aromatic rings. The molecule has 14 heavy (non-hydrogen) atoms. The van der Waals surface area contributed by atoms with Gasteiger partial charge < -0.3 is 10.0 Å². The molecule has 82 valence electrons. The zero-order valence-corrected chi connectivity index (χ0v) is 9.09. The topological polar surface area (TPSA) is 57.6 Å². The maximum atomic E-state index is 11.4. The smallest absolute Gasteiger partial charge is 0.150 e. The highest BCUT2D eigenvalue weighted by atomic mass is 32.2. The Balaban J connectivity index is 2.01. The van der Waals surface area contributed by atoms with Gasteiger partial charge in [-0.25, -0.2) is 8.42 Å². The summed E-state index contributed by atoms with van der Waals surface area (Å²) >= 11 is 0. The number of hydrogen-bond donors (Lipinski definition) is 1. The molecule has 0 bridgehead atoms. The summed E-state index contributed by atoms with van der Waals surface area (Å²) in [7, 11) is -2.77. The fourth-order valence-electron chi connectivity index (χ4n) is 2.66. The molecular formula is C9H17NO3S. The second-order valence-electron chi connectivity index (χ2n) is 4.59. The lowest BCUT2D eigenvalue weighted by Crippen LogP contribution is -2.30. The van der Waals surface area contributed by atoms with E-state index in [1.807, 2.05) is 0 Å². The molecule has 0 aromatic heterocycles. The van der Waals surface area contributed by atoms with Crippen molar-refractivity contribution in [2.75, 3.05) is 37.7 Å². The summed E-state index contributed by atoms with van der Waals surface area (Å²) in [4.78, 5) is 2.17. The lowest BCUT2D eigenvalue weighted by Gasteiger charge is -2.21. The number of nitrogens with zero attached hydrogens (tertiary/aromatic N) is 1. The molecule has 2 saturated heterocycles. The molecule has 2 fully saturated rings. The van der Waals surface area contributed by atoms with Gasteiger partial charge in [0.25, 0.3) is 0 Å². The van der Waals surface area contributed by atoms with Gasteiger partial charge in [-0.1, -0.05) is 0 Å². The van der Waals surface area contributed by atoms with Crippen molar-refractivity contribution in [2.24, 2.45) is 5.41 Å². The van der Waals surface area contributed by atoms with Gasteiger partial charge in [0.1, 0.15) is 0 Å². The van der Waals surface area contributed by atoms with Gasteiger partial charge in [-0.15, -0.1) is 0 Å². The summed E-state index contributed by atoms with van der Waals surface area (Å²) in [5, 5.41) is 8.80. The van der Waals surface area contributed by atoms with Crippen molar-refractivity contribution in [2.45, 2.75) is 12.8 Å². The fraction of sp³-hybridized carbons (Fsp3) is 1.00. The lowest BCUT2D eigenvalue weighted by atomic mass is 9.87. The highest BCUT2D eigenvalue weighted by Gasteiger charge is 2.46. The molecule has 0 radical (unpaired) electrons. The molecule has 0 amide bonds. The zero-order chi connectivity index (χ0) is 10.2. The van der Waals surface area contributed by atoms with E-state index in [0.29, 0.717) is 18.1 Å². The summed E-state index contributed by atoms with van der Waals surface area (Å²) in [6.07, 6.45) is 1.80. The molecule has 2 aliphatic rings. The normalized spacial score (nSPS) is 36.9. The quantitative estimate of drug-likeness (QED) is 0.679. The number of aliphatic hydroxyl groups is 1. The van der Waals surface area contributed by atoms with Crippen LogP contribution in [-0.2, 0) is 9.84 Å². The van der Waals surface area contributed by atoms with E-state index in [-0.39, 0.29) is 12.0 Å². The minimum Gasteiger partial charge on any atom is -0.395 e. The molecule has 5 heteroatoms. The Morgan fingerprint density at radius 2 is 2.14 bits per heavy atom. The van der Waals surface area contributed by atoms with Gasteiger partial charge in [-0.3, -0.25) is 0 Å². The van der Waals surface area contributed by atoms with Crippen molar-refractivity contribution in [1.29, 1.82) is 0 Å². The first-order valence-electron chi connectivity index (χ1n) is 5.09.